The second-order valence-electron chi connectivity index (χ2n) is 3.14. The van der Waals surface area contributed by atoms with Crippen molar-refractivity contribution in [2.24, 2.45) is 5.92 Å². The minimum absolute atomic E-state index is 0.0844. The lowest BCUT2D eigenvalue weighted by Crippen LogP contribution is -2.41. The molecule has 0 aliphatic carbocycles. The summed E-state index contributed by atoms with van der Waals surface area (Å²) in [7, 11) is 2.21. The van der Waals surface area contributed by atoms with Gasteiger partial charge in [0.2, 0.25) is 0 Å². The lowest BCUT2D eigenvalue weighted by molar-refractivity contribution is 0.258. The molecule has 0 saturated carbocycles. The second kappa shape index (κ2) is 3.64. The first-order valence-corrected chi connectivity index (χ1v) is 4.50. The van der Waals surface area contributed by atoms with Crippen molar-refractivity contribution in [2.45, 2.75) is 31.7 Å². The molecule has 4 atom stereocenters. The molecule has 0 bridgehead atoms. The molecule has 1 fully saturated rings. The van der Waals surface area contributed by atoms with Crippen molar-refractivity contribution in [2.75, 3.05) is 6.54 Å². The van der Waals surface area contributed by atoms with E-state index in [1.54, 1.807) is 0 Å². The summed E-state index contributed by atoms with van der Waals surface area (Å²) in [6.07, 6.45) is 2.14. The van der Waals surface area contributed by atoms with Crippen molar-refractivity contribution in [1.82, 2.24) is 5.32 Å². The van der Waals surface area contributed by atoms with Gasteiger partial charge in [0.15, 0.2) is 0 Å². The van der Waals surface area contributed by atoms with Gasteiger partial charge in [-0.2, -0.15) is 0 Å². The first-order valence-electron chi connectivity index (χ1n) is 3.83. The molecule has 1 nitrogen and oxygen atoms in total. The van der Waals surface area contributed by atoms with E-state index in [1.165, 1.54) is 0 Å². The maximum absolute atomic E-state index is 12.6. The van der Waals surface area contributed by atoms with Gasteiger partial charge in [-0.25, -0.2) is 4.39 Å². The molecule has 0 aromatic heterocycles. The molecule has 0 aromatic carbocycles. The van der Waals surface area contributed by atoms with E-state index in [2.05, 4.69) is 21.5 Å². The quantitative estimate of drug-likeness (QED) is 0.578. The molecule has 1 aliphatic heterocycles. The van der Waals surface area contributed by atoms with Crippen LogP contribution in [0.25, 0.3) is 0 Å². The number of halogens is 1. The topological polar surface area (TPSA) is 12.0 Å². The normalized spacial score (nSPS) is 37.5. The Balaban J connectivity index is 2.26. The SMILES string of the molecule is CC1CCC(C(F)P)NC1. The standard InChI is InChI=1S/C7H15FNP/c1-5-2-3-6(7(8)10)9-4-5/h5-7,9H,2-4,10H2,1H3. The minimum atomic E-state index is -0.771. The van der Waals surface area contributed by atoms with Crippen LogP contribution in [0.3, 0.4) is 0 Å². The first kappa shape index (κ1) is 8.42. The summed E-state index contributed by atoms with van der Waals surface area (Å²) in [5.74, 6) is -0.0486. The minimum Gasteiger partial charge on any atom is -0.311 e. The molecule has 1 aliphatic rings. The fourth-order valence-electron chi connectivity index (χ4n) is 1.29. The van der Waals surface area contributed by atoms with Crippen molar-refractivity contribution in [3.63, 3.8) is 0 Å². The Morgan fingerprint density at radius 3 is 2.70 bits per heavy atom. The number of hydrogen-bond donors (Lipinski definition) is 1. The fraction of sp³-hybridized carbons (Fsp3) is 1.00. The summed E-state index contributed by atoms with van der Waals surface area (Å²) in [6, 6.07) is 0.0844. The average molecular weight is 163 g/mol. The Hall–Kier alpha value is 0.320. The largest absolute Gasteiger partial charge is 0.311 e. The molecule has 1 saturated heterocycles. The summed E-state index contributed by atoms with van der Waals surface area (Å²) in [5.41, 5.74) is 0. The van der Waals surface area contributed by atoms with Gasteiger partial charge in [-0.1, -0.05) is 16.2 Å². The Morgan fingerprint density at radius 2 is 2.30 bits per heavy atom. The molecule has 0 aromatic rings. The van der Waals surface area contributed by atoms with Gasteiger partial charge in [-0.3, -0.25) is 0 Å². The third-order valence-corrected chi connectivity index (χ3v) is 2.55. The highest BCUT2D eigenvalue weighted by Crippen LogP contribution is 2.19. The van der Waals surface area contributed by atoms with Crippen LogP contribution in [-0.2, 0) is 0 Å². The number of piperidine rings is 1. The smallest absolute Gasteiger partial charge is 0.128 e. The van der Waals surface area contributed by atoms with E-state index in [4.69, 9.17) is 0 Å². The van der Waals surface area contributed by atoms with Gasteiger partial charge in [0.05, 0.1) is 0 Å². The highest BCUT2D eigenvalue weighted by Gasteiger charge is 2.21. The molecule has 1 N–H and O–H groups in total. The molecule has 10 heavy (non-hydrogen) atoms. The highest BCUT2D eigenvalue weighted by molar-refractivity contribution is 7.17. The molecular formula is C7H15FNP. The molecule has 4 unspecified atom stereocenters. The van der Waals surface area contributed by atoms with Gasteiger partial charge >= 0.3 is 0 Å². The van der Waals surface area contributed by atoms with Gasteiger partial charge in [0.1, 0.15) is 5.91 Å². The number of hydrogen-bond acceptors (Lipinski definition) is 1. The summed E-state index contributed by atoms with van der Waals surface area (Å²) < 4.78 is 12.6. The van der Waals surface area contributed by atoms with Crippen LogP contribution in [0.2, 0.25) is 0 Å². The molecule has 3 heteroatoms. The van der Waals surface area contributed by atoms with Crippen LogP contribution < -0.4 is 5.32 Å². The summed E-state index contributed by atoms with van der Waals surface area (Å²) in [6.45, 7) is 3.17. The van der Waals surface area contributed by atoms with Crippen LogP contribution in [0.4, 0.5) is 4.39 Å². The molecule has 0 spiro atoms. The molecule has 0 radical (unpaired) electrons. The van der Waals surface area contributed by atoms with Gasteiger partial charge in [0.25, 0.3) is 0 Å². The molecule has 1 rings (SSSR count). The van der Waals surface area contributed by atoms with Crippen LogP contribution >= 0.6 is 9.24 Å². The van der Waals surface area contributed by atoms with E-state index in [9.17, 15) is 4.39 Å². The van der Waals surface area contributed by atoms with E-state index in [-0.39, 0.29) is 6.04 Å². The zero-order chi connectivity index (χ0) is 7.56. The Kier molecular flexibility index (Phi) is 3.06. The third kappa shape index (κ3) is 2.17. The zero-order valence-corrected chi connectivity index (χ0v) is 7.46. The van der Waals surface area contributed by atoms with E-state index >= 15 is 0 Å². The average Bonchev–Trinajstić information content (AvgIpc) is 1.88. The van der Waals surface area contributed by atoms with E-state index < -0.39 is 5.91 Å². The van der Waals surface area contributed by atoms with Crippen LogP contribution in [-0.4, -0.2) is 18.5 Å². The third-order valence-electron chi connectivity index (χ3n) is 2.08. The Labute approximate surface area is 64.0 Å². The van der Waals surface area contributed by atoms with Crippen LogP contribution in [0, 0.1) is 5.92 Å². The fourth-order valence-corrected chi connectivity index (χ4v) is 1.62. The lowest BCUT2D eigenvalue weighted by atomic mass is 9.97. The van der Waals surface area contributed by atoms with Crippen LogP contribution in [0.5, 0.6) is 0 Å². The first-order chi connectivity index (χ1) is 4.70. The predicted molar refractivity (Wildman–Crippen MR) is 44.8 cm³/mol. The second-order valence-corrected chi connectivity index (χ2v) is 3.78. The van der Waals surface area contributed by atoms with Crippen molar-refractivity contribution >= 4 is 9.24 Å². The van der Waals surface area contributed by atoms with Crippen molar-refractivity contribution in [1.29, 1.82) is 0 Å². The van der Waals surface area contributed by atoms with E-state index in [0.717, 1.165) is 25.3 Å². The molecule has 1 heterocycles. The molecule has 0 amide bonds. The summed E-state index contributed by atoms with van der Waals surface area (Å²) in [5, 5.41) is 3.17. The van der Waals surface area contributed by atoms with Crippen molar-refractivity contribution < 1.29 is 4.39 Å². The number of rotatable bonds is 1. The summed E-state index contributed by atoms with van der Waals surface area (Å²) >= 11 is 0. The number of nitrogens with one attached hydrogen (secondary N) is 1. The van der Waals surface area contributed by atoms with Crippen LogP contribution in [0.1, 0.15) is 19.8 Å². The van der Waals surface area contributed by atoms with Gasteiger partial charge in [0, 0.05) is 6.04 Å². The molecule has 60 valence electrons. The monoisotopic (exact) mass is 163 g/mol. The van der Waals surface area contributed by atoms with Gasteiger partial charge in [-0.15, -0.1) is 0 Å². The lowest BCUT2D eigenvalue weighted by Gasteiger charge is -2.28. The maximum Gasteiger partial charge on any atom is 0.128 e. The Bertz CT molecular complexity index is 99.8. The van der Waals surface area contributed by atoms with Gasteiger partial charge in [-0.05, 0) is 25.3 Å². The van der Waals surface area contributed by atoms with Crippen molar-refractivity contribution in [3.8, 4) is 0 Å². The van der Waals surface area contributed by atoms with Crippen molar-refractivity contribution in [3.05, 3.63) is 0 Å². The predicted octanol–water partition coefficient (Wildman–Crippen LogP) is 1.55. The summed E-state index contributed by atoms with van der Waals surface area (Å²) in [4.78, 5) is 0. The van der Waals surface area contributed by atoms with Crippen LogP contribution in [0.15, 0.2) is 0 Å². The van der Waals surface area contributed by atoms with E-state index in [1.807, 2.05) is 0 Å². The number of alkyl halides is 1. The maximum atomic E-state index is 12.6. The van der Waals surface area contributed by atoms with Gasteiger partial charge < -0.3 is 5.32 Å². The van der Waals surface area contributed by atoms with E-state index in [0.29, 0.717) is 0 Å². The highest BCUT2D eigenvalue weighted by atomic mass is 31.0. The zero-order valence-electron chi connectivity index (χ0n) is 6.31. The molecular weight excluding hydrogens is 148 g/mol. The Morgan fingerprint density at radius 1 is 1.60 bits per heavy atom.